The maximum atomic E-state index is 11.9. The van der Waals surface area contributed by atoms with Crippen LogP contribution in [-0.2, 0) is 9.53 Å². The molecule has 4 heteroatoms. The van der Waals surface area contributed by atoms with Gasteiger partial charge in [0.15, 0.2) is 0 Å². The summed E-state index contributed by atoms with van der Waals surface area (Å²) in [6.07, 6.45) is 6.34. The SMILES string of the molecule is CCCC(C)NC(=O)COC1(CN)CCC(C(C)C)CC1. The third kappa shape index (κ3) is 5.95. The van der Waals surface area contributed by atoms with Gasteiger partial charge in [0.2, 0.25) is 5.91 Å². The molecule has 0 aromatic heterocycles. The Morgan fingerprint density at radius 1 is 1.33 bits per heavy atom. The summed E-state index contributed by atoms with van der Waals surface area (Å²) in [5.74, 6) is 1.47. The van der Waals surface area contributed by atoms with Gasteiger partial charge < -0.3 is 15.8 Å². The molecule has 0 aromatic carbocycles. The highest BCUT2D eigenvalue weighted by atomic mass is 16.5. The van der Waals surface area contributed by atoms with Crippen molar-refractivity contribution in [3.8, 4) is 0 Å². The van der Waals surface area contributed by atoms with Gasteiger partial charge in [-0.25, -0.2) is 0 Å². The molecule has 0 aliphatic heterocycles. The van der Waals surface area contributed by atoms with Gasteiger partial charge in [-0.05, 0) is 50.9 Å². The number of carbonyl (C=O) groups is 1. The number of rotatable bonds is 8. The van der Waals surface area contributed by atoms with E-state index in [1.54, 1.807) is 0 Å². The first kappa shape index (κ1) is 18.4. The molecule has 1 aliphatic rings. The number of ether oxygens (including phenoxy) is 1. The zero-order valence-corrected chi connectivity index (χ0v) is 14.3. The fraction of sp³-hybridized carbons (Fsp3) is 0.941. The lowest BCUT2D eigenvalue weighted by Crippen LogP contribution is -2.47. The van der Waals surface area contributed by atoms with E-state index in [2.05, 4.69) is 26.1 Å². The Morgan fingerprint density at radius 3 is 2.43 bits per heavy atom. The van der Waals surface area contributed by atoms with Gasteiger partial charge >= 0.3 is 0 Å². The Balaban J connectivity index is 2.39. The number of hydrogen-bond acceptors (Lipinski definition) is 3. The molecule has 0 saturated heterocycles. The summed E-state index contributed by atoms with van der Waals surface area (Å²) >= 11 is 0. The van der Waals surface area contributed by atoms with E-state index in [1.165, 1.54) is 0 Å². The molecule has 1 rings (SSSR count). The highest BCUT2D eigenvalue weighted by Gasteiger charge is 2.36. The van der Waals surface area contributed by atoms with Gasteiger partial charge in [-0.1, -0.05) is 27.2 Å². The Morgan fingerprint density at radius 2 is 1.95 bits per heavy atom. The van der Waals surface area contributed by atoms with Crippen LogP contribution in [-0.4, -0.2) is 30.7 Å². The molecule has 0 spiro atoms. The predicted molar refractivity (Wildman–Crippen MR) is 87.0 cm³/mol. The van der Waals surface area contributed by atoms with E-state index in [-0.39, 0.29) is 24.2 Å². The molecule has 0 bridgehead atoms. The fourth-order valence-corrected chi connectivity index (χ4v) is 3.28. The van der Waals surface area contributed by atoms with E-state index in [1.807, 2.05) is 6.92 Å². The van der Waals surface area contributed by atoms with Gasteiger partial charge in [-0.3, -0.25) is 4.79 Å². The second-order valence-corrected chi connectivity index (χ2v) is 7.01. The number of hydrogen-bond donors (Lipinski definition) is 2. The van der Waals surface area contributed by atoms with E-state index in [0.717, 1.165) is 50.4 Å². The average molecular weight is 298 g/mol. The van der Waals surface area contributed by atoms with E-state index in [4.69, 9.17) is 10.5 Å². The second-order valence-electron chi connectivity index (χ2n) is 7.01. The minimum absolute atomic E-state index is 0.0187. The second kappa shape index (κ2) is 8.74. The summed E-state index contributed by atoms with van der Waals surface area (Å²) in [7, 11) is 0. The molecule has 1 atom stereocenters. The smallest absolute Gasteiger partial charge is 0.246 e. The Hall–Kier alpha value is -0.610. The van der Waals surface area contributed by atoms with Crippen molar-refractivity contribution in [1.29, 1.82) is 0 Å². The summed E-state index contributed by atoms with van der Waals surface area (Å²) in [6, 6.07) is 0.219. The van der Waals surface area contributed by atoms with E-state index >= 15 is 0 Å². The van der Waals surface area contributed by atoms with Crippen molar-refractivity contribution in [2.45, 2.75) is 77.9 Å². The van der Waals surface area contributed by atoms with Crippen LogP contribution >= 0.6 is 0 Å². The molecule has 1 aliphatic carbocycles. The zero-order chi connectivity index (χ0) is 15.9. The molecule has 0 heterocycles. The summed E-state index contributed by atoms with van der Waals surface area (Å²) in [5, 5.41) is 2.98. The molecule has 21 heavy (non-hydrogen) atoms. The van der Waals surface area contributed by atoms with Gasteiger partial charge in [0.1, 0.15) is 6.61 Å². The first-order valence-corrected chi connectivity index (χ1v) is 8.56. The maximum Gasteiger partial charge on any atom is 0.246 e. The minimum Gasteiger partial charge on any atom is -0.364 e. The van der Waals surface area contributed by atoms with Crippen molar-refractivity contribution in [3.63, 3.8) is 0 Å². The first-order chi connectivity index (χ1) is 9.92. The topological polar surface area (TPSA) is 64.3 Å². The lowest BCUT2D eigenvalue weighted by Gasteiger charge is -2.40. The van der Waals surface area contributed by atoms with Crippen LogP contribution in [0.25, 0.3) is 0 Å². The molecule has 4 nitrogen and oxygen atoms in total. The Labute approximate surface area is 130 Å². The van der Waals surface area contributed by atoms with Crippen molar-refractivity contribution in [2.75, 3.05) is 13.2 Å². The fourth-order valence-electron chi connectivity index (χ4n) is 3.28. The highest BCUT2D eigenvalue weighted by molar-refractivity contribution is 5.77. The van der Waals surface area contributed by atoms with Crippen molar-refractivity contribution in [1.82, 2.24) is 5.32 Å². The lowest BCUT2D eigenvalue weighted by atomic mass is 9.74. The molecular weight excluding hydrogens is 264 g/mol. The Bertz CT molecular complexity index is 310. The van der Waals surface area contributed by atoms with Crippen molar-refractivity contribution in [3.05, 3.63) is 0 Å². The number of nitrogens with two attached hydrogens (primary N) is 1. The van der Waals surface area contributed by atoms with Crippen LogP contribution in [0.15, 0.2) is 0 Å². The molecule has 124 valence electrons. The van der Waals surface area contributed by atoms with Crippen molar-refractivity contribution in [2.24, 2.45) is 17.6 Å². The van der Waals surface area contributed by atoms with Crippen molar-refractivity contribution >= 4 is 5.91 Å². The van der Waals surface area contributed by atoms with Crippen LogP contribution in [0.5, 0.6) is 0 Å². The van der Waals surface area contributed by atoms with Crippen LogP contribution in [0.1, 0.15) is 66.2 Å². The van der Waals surface area contributed by atoms with Crippen molar-refractivity contribution < 1.29 is 9.53 Å². The van der Waals surface area contributed by atoms with E-state index in [9.17, 15) is 4.79 Å². The first-order valence-electron chi connectivity index (χ1n) is 8.56. The molecule has 1 amide bonds. The van der Waals surface area contributed by atoms with Gasteiger partial charge in [-0.15, -0.1) is 0 Å². The zero-order valence-electron chi connectivity index (χ0n) is 14.3. The average Bonchev–Trinajstić information content (AvgIpc) is 2.45. The lowest BCUT2D eigenvalue weighted by molar-refractivity contribution is -0.137. The van der Waals surface area contributed by atoms with Gasteiger partial charge in [0.05, 0.1) is 5.60 Å². The van der Waals surface area contributed by atoms with E-state index in [0.29, 0.717) is 6.54 Å². The third-order valence-corrected chi connectivity index (χ3v) is 4.89. The number of nitrogens with one attached hydrogen (secondary N) is 1. The van der Waals surface area contributed by atoms with Crippen LogP contribution in [0.3, 0.4) is 0 Å². The molecule has 0 radical (unpaired) electrons. The van der Waals surface area contributed by atoms with Gasteiger partial charge in [0.25, 0.3) is 0 Å². The molecule has 1 unspecified atom stereocenters. The summed E-state index contributed by atoms with van der Waals surface area (Å²) in [5.41, 5.74) is 5.66. The van der Waals surface area contributed by atoms with Crippen LogP contribution in [0.4, 0.5) is 0 Å². The van der Waals surface area contributed by atoms with Crippen LogP contribution in [0, 0.1) is 11.8 Å². The van der Waals surface area contributed by atoms with Gasteiger partial charge in [-0.2, -0.15) is 0 Å². The largest absolute Gasteiger partial charge is 0.364 e. The molecule has 1 saturated carbocycles. The molecular formula is C17H34N2O2. The normalized spacial score (nSPS) is 27.6. The Kier molecular flexibility index (Phi) is 7.67. The van der Waals surface area contributed by atoms with Gasteiger partial charge in [0, 0.05) is 12.6 Å². The standard InChI is InChI=1S/C17H34N2O2/c1-5-6-14(4)19-16(20)11-21-17(12-18)9-7-15(8-10-17)13(2)3/h13-15H,5-12,18H2,1-4H3,(H,19,20). The summed E-state index contributed by atoms with van der Waals surface area (Å²) in [4.78, 5) is 11.9. The summed E-state index contributed by atoms with van der Waals surface area (Å²) in [6.45, 7) is 9.37. The molecule has 0 aromatic rings. The summed E-state index contributed by atoms with van der Waals surface area (Å²) < 4.78 is 5.95. The predicted octanol–water partition coefficient (Wildman–Crippen LogP) is 2.85. The van der Waals surface area contributed by atoms with Crippen LogP contribution < -0.4 is 11.1 Å². The molecule has 3 N–H and O–H groups in total. The monoisotopic (exact) mass is 298 g/mol. The minimum atomic E-state index is -0.281. The van der Waals surface area contributed by atoms with E-state index < -0.39 is 0 Å². The molecule has 1 fully saturated rings. The van der Waals surface area contributed by atoms with Crippen LogP contribution in [0.2, 0.25) is 0 Å². The quantitative estimate of drug-likeness (QED) is 0.724. The number of carbonyl (C=O) groups excluding carboxylic acids is 1. The third-order valence-electron chi connectivity index (χ3n) is 4.89. The highest BCUT2D eigenvalue weighted by Crippen LogP contribution is 2.37. The maximum absolute atomic E-state index is 11.9. The number of amides is 1.